The van der Waals surface area contributed by atoms with Gasteiger partial charge in [-0.3, -0.25) is 0 Å². The van der Waals surface area contributed by atoms with E-state index in [1.807, 2.05) is 91.0 Å². The molecule has 54 heavy (non-hydrogen) atoms. The van der Waals surface area contributed by atoms with Crippen molar-refractivity contribution in [1.29, 1.82) is 0 Å². The van der Waals surface area contributed by atoms with Crippen molar-refractivity contribution in [2.75, 3.05) is 13.2 Å². The number of aliphatic hydroxyl groups excluding tert-OH is 7. The molecular weight excluding hydrogens is 708 g/mol. The zero-order valence-electron chi connectivity index (χ0n) is 29.8. The molecule has 3 heterocycles. The van der Waals surface area contributed by atoms with Crippen molar-refractivity contribution in [2.45, 2.75) is 119 Å². The van der Waals surface area contributed by atoms with E-state index in [-0.39, 0.29) is 19.8 Å². The maximum absolute atomic E-state index is 11.5. The summed E-state index contributed by atoms with van der Waals surface area (Å²) in [6, 6.07) is 28.6. The van der Waals surface area contributed by atoms with E-state index in [0.717, 1.165) is 16.7 Å². The second kappa shape index (κ2) is 19.3. The lowest BCUT2D eigenvalue weighted by Crippen LogP contribution is -2.67. The first-order chi connectivity index (χ1) is 26.2. The van der Waals surface area contributed by atoms with Gasteiger partial charge in [-0.05, 0) is 23.6 Å². The highest BCUT2D eigenvalue weighted by Gasteiger charge is 2.54. The Hall–Kier alpha value is -2.94. The number of rotatable bonds is 15. The van der Waals surface area contributed by atoms with Crippen molar-refractivity contribution in [1.82, 2.24) is 0 Å². The van der Waals surface area contributed by atoms with Crippen LogP contribution in [-0.4, -0.2) is 141 Å². The van der Waals surface area contributed by atoms with Crippen LogP contribution in [0.4, 0.5) is 0 Å². The lowest BCUT2D eigenvalue weighted by Gasteiger charge is -2.49. The monoisotopic (exact) mass is 758 g/mol. The molecule has 3 aliphatic heterocycles. The predicted octanol–water partition coefficient (Wildman–Crippen LogP) is 0.128. The fourth-order valence-electron chi connectivity index (χ4n) is 6.83. The van der Waals surface area contributed by atoms with E-state index in [1.165, 1.54) is 0 Å². The van der Waals surface area contributed by atoms with Gasteiger partial charge in [-0.25, -0.2) is 0 Å². The molecular formula is C39H50O15. The zero-order valence-corrected chi connectivity index (χ0v) is 29.8. The summed E-state index contributed by atoms with van der Waals surface area (Å²) in [6.45, 7) is 0.833. The topological polar surface area (TPSA) is 215 Å². The molecule has 0 saturated carbocycles. The van der Waals surface area contributed by atoms with Crippen LogP contribution in [0.5, 0.6) is 0 Å². The van der Waals surface area contributed by atoms with Gasteiger partial charge in [-0.15, -0.1) is 0 Å². The van der Waals surface area contributed by atoms with E-state index in [9.17, 15) is 35.7 Å². The van der Waals surface area contributed by atoms with Crippen molar-refractivity contribution in [3.63, 3.8) is 0 Å². The van der Waals surface area contributed by atoms with Gasteiger partial charge in [-0.2, -0.15) is 0 Å². The van der Waals surface area contributed by atoms with Crippen LogP contribution in [0.15, 0.2) is 91.0 Å². The van der Waals surface area contributed by atoms with Gasteiger partial charge in [0.2, 0.25) is 0 Å². The van der Waals surface area contributed by atoms with Gasteiger partial charge in [0.05, 0.1) is 39.1 Å². The summed E-state index contributed by atoms with van der Waals surface area (Å²) in [5.74, 6) is 0. The van der Waals surface area contributed by atoms with Crippen LogP contribution >= 0.6 is 0 Å². The number of hydrogen-bond donors (Lipinski definition) is 7. The molecule has 15 nitrogen and oxygen atoms in total. The van der Waals surface area contributed by atoms with Crippen LogP contribution in [0, 0.1) is 0 Å². The number of hydrogen-bond acceptors (Lipinski definition) is 15. The average Bonchev–Trinajstić information content (AvgIpc) is 3.20. The number of benzene rings is 3. The van der Waals surface area contributed by atoms with E-state index >= 15 is 0 Å². The predicted molar refractivity (Wildman–Crippen MR) is 187 cm³/mol. The van der Waals surface area contributed by atoms with Crippen molar-refractivity contribution in [2.24, 2.45) is 0 Å². The highest BCUT2D eigenvalue weighted by molar-refractivity contribution is 5.16. The van der Waals surface area contributed by atoms with Crippen LogP contribution in [0.2, 0.25) is 0 Å². The van der Waals surface area contributed by atoms with Crippen molar-refractivity contribution in [3.05, 3.63) is 108 Å². The van der Waals surface area contributed by atoms with Gasteiger partial charge in [0.15, 0.2) is 18.9 Å². The van der Waals surface area contributed by atoms with Crippen molar-refractivity contribution in [3.8, 4) is 0 Å². The highest BCUT2D eigenvalue weighted by Crippen LogP contribution is 2.35. The second-order valence-corrected chi connectivity index (χ2v) is 13.6. The van der Waals surface area contributed by atoms with Crippen LogP contribution in [-0.2, 0) is 57.7 Å². The molecule has 0 spiro atoms. The van der Waals surface area contributed by atoms with Gasteiger partial charge >= 0.3 is 0 Å². The molecule has 3 saturated heterocycles. The highest BCUT2D eigenvalue weighted by atomic mass is 16.8. The molecule has 0 amide bonds. The average molecular weight is 759 g/mol. The Balaban J connectivity index is 1.32. The minimum Gasteiger partial charge on any atom is -0.394 e. The minimum atomic E-state index is -1.82. The first-order valence-corrected chi connectivity index (χ1v) is 18.0. The molecule has 0 aromatic heterocycles. The zero-order chi connectivity index (χ0) is 38.2. The molecule has 15 heteroatoms. The van der Waals surface area contributed by atoms with Gasteiger partial charge in [0.1, 0.15) is 67.1 Å². The van der Waals surface area contributed by atoms with Crippen LogP contribution in [0.25, 0.3) is 0 Å². The lowest BCUT2D eigenvalue weighted by molar-refractivity contribution is -0.390. The summed E-state index contributed by atoms with van der Waals surface area (Å²) in [4.78, 5) is 0. The smallest absolute Gasteiger partial charge is 0.187 e. The summed E-state index contributed by atoms with van der Waals surface area (Å²) < 4.78 is 49.7. The SMILES string of the molecule is C[C@@H]1O[C@@H](O[C@@H]2[C@@H](O[C@@H]3[C@H](O)[C@H](O)[C@H](O)O[C@@H]3CO)O[C@@H](CO)[C@H](O)[C@H]2O)[C@@H](OCc2ccccc2)[C@@H](OCc2ccccc2)[C@H]1OCc1ccccc1. The molecule has 0 bridgehead atoms. The Kier molecular flexibility index (Phi) is 14.5. The normalized spacial score (nSPS) is 37.2. The Morgan fingerprint density at radius 3 is 1.43 bits per heavy atom. The molecule has 3 fully saturated rings. The van der Waals surface area contributed by atoms with Gasteiger partial charge < -0.3 is 73.6 Å². The van der Waals surface area contributed by atoms with Crippen LogP contribution < -0.4 is 0 Å². The molecule has 3 aromatic carbocycles. The van der Waals surface area contributed by atoms with Crippen LogP contribution in [0.1, 0.15) is 23.6 Å². The van der Waals surface area contributed by atoms with Gasteiger partial charge in [-0.1, -0.05) is 91.0 Å². The summed E-state index contributed by atoms with van der Waals surface area (Å²) in [5, 5.41) is 73.6. The molecule has 0 radical (unpaired) electrons. The largest absolute Gasteiger partial charge is 0.394 e. The minimum absolute atomic E-state index is 0.0998. The maximum atomic E-state index is 11.5. The Bertz CT molecular complexity index is 1520. The summed E-state index contributed by atoms with van der Waals surface area (Å²) in [7, 11) is 0. The van der Waals surface area contributed by atoms with Crippen molar-refractivity contribution >= 4 is 0 Å². The fraction of sp³-hybridized carbons (Fsp3) is 0.538. The molecule has 296 valence electrons. The molecule has 0 unspecified atom stereocenters. The third kappa shape index (κ3) is 9.70. The Labute approximate surface area is 313 Å². The molecule has 3 aromatic rings. The third-order valence-electron chi connectivity index (χ3n) is 9.83. The lowest BCUT2D eigenvalue weighted by atomic mass is 9.96. The van der Waals surface area contributed by atoms with Crippen molar-refractivity contribution < 1.29 is 73.6 Å². The number of ether oxygens (including phenoxy) is 8. The summed E-state index contributed by atoms with van der Waals surface area (Å²) in [6.07, 6.45) is -20.8. The maximum Gasteiger partial charge on any atom is 0.187 e. The molecule has 15 atom stereocenters. The van der Waals surface area contributed by atoms with E-state index in [1.54, 1.807) is 6.92 Å². The first kappa shape index (κ1) is 40.7. The van der Waals surface area contributed by atoms with E-state index in [4.69, 9.17) is 37.9 Å². The quantitative estimate of drug-likeness (QED) is 0.110. The third-order valence-corrected chi connectivity index (χ3v) is 9.83. The number of aliphatic hydroxyl groups is 7. The molecule has 0 aliphatic carbocycles. The Morgan fingerprint density at radius 2 is 0.907 bits per heavy atom. The molecule has 3 aliphatic rings. The second-order valence-electron chi connectivity index (χ2n) is 13.6. The fourth-order valence-corrected chi connectivity index (χ4v) is 6.83. The standard InChI is InChI=1S/C39H50O15/c1-22-32(47-19-23-11-5-2-6-12-23)35(48-20-24-13-7-3-8-14-24)36(49-21-25-15-9-4-10-16-25)39(50-22)54-34-29(43)28(42)26(17-40)52-38(34)53-33-27(18-41)51-37(46)31(45)30(33)44/h2-16,22,26-46H,17-21H2,1H3/t22-,26-,27+,28-,29+,30+,31-,32-,33-,34-,35-,36-,37+,38+,39-/m0/s1. The molecule has 7 N–H and O–H groups in total. The summed E-state index contributed by atoms with van der Waals surface area (Å²) in [5.41, 5.74) is 2.65. The van der Waals surface area contributed by atoms with Gasteiger partial charge in [0.25, 0.3) is 0 Å². The van der Waals surface area contributed by atoms with Crippen LogP contribution in [0.3, 0.4) is 0 Å². The van der Waals surface area contributed by atoms with E-state index < -0.39 is 105 Å². The Morgan fingerprint density at radius 1 is 0.463 bits per heavy atom. The van der Waals surface area contributed by atoms with E-state index in [0.29, 0.717) is 0 Å². The molecule has 6 rings (SSSR count). The first-order valence-electron chi connectivity index (χ1n) is 18.0. The van der Waals surface area contributed by atoms with E-state index in [2.05, 4.69) is 0 Å². The summed E-state index contributed by atoms with van der Waals surface area (Å²) >= 11 is 0. The van der Waals surface area contributed by atoms with Gasteiger partial charge in [0, 0.05) is 0 Å².